The summed E-state index contributed by atoms with van der Waals surface area (Å²) < 4.78 is 0. The van der Waals surface area contributed by atoms with E-state index in [1.54, 1.807) is 0 Å². The van der Waals surface area contributed by atoms with E-state index in [9.17, 15) is 4.79 Å². The molecule has 7 heteroatoms. The number of carbonyl (C=O) groups excluding carboxylic acids is 1. The Morgan fingerprint density at radius 3 is 2.46 bits per heavy atom. The average molecular weight is 393 g/mol. The number of hydrogen-bond donors (Lipinski definition) is 2. The molecule has 1 amide bonds. The Bertz CT molecular complexity index is 765. The van der Waals surface area contributed by atoms with E-state index >= 15 is 0 Å². The lowest BCUT2D eigenvalue weighted by atomic mass is 10.0. The van der Waals surface area contributed by atoms with Gasteiger partial charge in [0.25, 0.3) is 0 Å². The second-order valence-electron chi connectivity index (χ2n) is 6.47. The number of nitrogens with two attached hydrogens (primary N) is 1. The maximum atomic E-state index is 12.2. The van der Waals surface area contributed by atoms with E-state index in [-0.39, 0.29) is 11.2 Å². The molecule has 140 valence electrons. The molecule has 0 radical (unpaired) electrons. The predicted octanol–water partition coefficient (Wildman–Crippen LogP) is 4.19. The maximum absolute atomic E-state index is 12.2. The van der Waals surface area contributed by atoms with Gasteiger partial charge in [-0.2, -0.15) is 0 Å². The summed E-state index contributed by atoms with van der Waals surface area (Å²) in [6.45, 7) is 8.64. The Morgan fingerprint density at radius 1 is 1.23 bits per heavy atom. The number of amides is 1. The third-order valence-corrected chi connectivity index (χ3v) is 5.01. The van der Waals surface area contributed by atoms with Crippen LogP contribution in [0.2, 0.25) is 5.02 Å². The number of benzene rings is 1. The first-order chi connectivity index (χ1) is 12.3. The van der Waals surface area contributed by atoms with Crippen molar-refractivity contribution in [1.82, 2.24) is 15.3 Å². The number of anilines is 1. The van der Waals surface area contributed by atoms with Crippen LogP contribution in [0.4, 0.5) is 5.82 Å². The summed E-state index contributed by atoms with van der Waals surface area (Å²) in [7, 11) is 0. The Hall–Kier alpha value is -1.79. The molecule has 0 saturated heterocycles. The topological polar surface area (TPSA) is 80.9 Å². The van der Waals surface area contributed by atoms with E-state index in [2.05, 4.69) is 29.1 Å². The number of nitrogens with one attached hydrogen (secondary N) is 1. The SMILES string of the molecule is CCc1nc(SC(C)C(=O)NCC(C)C)nc(N)c1-c1ccc(Cl)cc1. The van der Waals surface area contributed by atoms with Crippen molar-refractivity contribution in [2.24, 2.45) is 5.92 Å². The highest BCUT2D eigenvalue weighted by molar-refractivity contribution is 8.00. The van der Waals surface area contributed by atoms with Crippen LogP contribution < -0.4 is 11.1 Å². The van der Waals surface area contributed by atoms with Crippen molar-refractivity contribution >= 4 is 35.1 Å². The van der Waals surface area contributed by atoms with Gasteiger partial charge in [0.15, 0.2) is 5.16 Å². The highest BCUT2D eigenvalue weighted by Gasteiger charge is 2.19. The molecule has 1 aromatic carbocycles. The number of thioether (sulfide) groups is 1. The van der Waals surface area contributed by atoms with Crippen LogP contribution in [-0.4, -0.2) is 27.7 Å². The molecule has 5 nitrogen and oxygen atoms in total. The fourth-order valence-electron chi connectivity index (χ4n) is 2.40. The van der Waals surface area contributed by atoms with Gasteiger partial charge in [-0.15, -0.1) is 0 Å². The Morgan fingerprint density at radius 2 is 1.88 bits per heavy atom. The predicted molar refractivity (Wildman–Crippen MR) is 109 cm³/mol. The molecule has 0 aliphatic heterocycles. The monoisotopic (exact) mass is 392 g/mol. The molecular weight excluding hydrogens is 368 g/mol. The Kier molecular flexibility index (Phi) is 7.29. The van der Waals surface area contributed by atoms with Gasteiger partial charge in [-0.1, -0.05) is 56.3 Å². The quantitative estimate of drug-likeness (QED) is 0.545. The zero-order valence-electron chi connectivity index (χ0n) is 15.5. The minimum atomic E-state index is -0.292. The molecule has 1 aromatic heterocycles. The van der Waals surface area contributed by atoms with Crippen LogP contribution in [0.15, 0.2) is 29.4 Å². The summed E-state index contributed by atoms with van der Waals surface area (Å²) in [5, 5.41) is 3.82. The van der Waals surface area contributed by atoms with Crippen molar-refractivity contribution in [3.63, 3.8) is 0 Å². The van der Waals surface area contributed by atoms with Crippen LogP contribution in [0.3, 0.4) is 0 Å². The fraction of sp³-hybridized carbons (Fsp3) is 0.421. The lowest BCUT2D eigenvalue weighted by Crippen LogP contribution is -2.33. The number of rotatable bonds is 7. The molecule has 26 heavy (non-hydrogen) atoms. The van der Waals surface area contributed by atoms with Gasteiger partial charge in [0.1, 0.15) is 5.82 Å². The molecule has 0 aliphatic rings. The molecule has 0 spiro atoms. The number of nitrogens with zero attached hydrogens (tertiary/aromatic N) is 2. The molecule has 1 unspecified atom stereocenters. The average Bonchev–Trinajstić information content (AvgIpc) is 2.60. The highest BCUT2D eigenvalue weighted by atomic mass is 35.5. The van der Waals surface area contributed by atoms with Crippen molar-refractivity contribution in [1.29, 1.82) is 0 Å². The number of halogens is 1. The van der Waals surface area contributed by atoms with Gasteiger partial charge in [0.2, 0.25) is 5.91 Å². The smallest absolute Gasteiger partial charge is 0.233 e. The summed E-state index contributed by atoms with van der Waals surface area (Å²) >= 11 is 7.28. The van der Waals surface area contributed by atoms with Gasteiger partial charge in [0.05, 0.1) is 10.9 Å². The summed E-state index contributed by atoms with van der Waals surface area (Å²) in [6.07, 6.45) is 0.714. The Balaban J connectivity index is 2.23. The molecule has 2 rings (SSSR count). The molecule has 3 N–H and O–H groups in total. The van der Waals surface area contributed by atoms with Crippen LogP contribution in [-0.2, 0) is 11.2 Å². The van der Waals surface area contributed by atoms with E-state index in [4.69, 9.17) is 17.3 Å². The van der Waals surface area contributed by atoms with E-state index in [1.807, 2.05) is 38.1 Å². The molecule has 2 aromatic rings. The largest absolute Gasteiger partial charge is 0.383 e. The molecule has 1 atom stereocenters. The third-order valence-electron chi connectivity index (χ3n) is 3.80. The number of nitrogen functional groups attached to an aromatic ring is 1. The molecule has 0 bridgehead atoms. The lowest BCUT2D eigenvalue weighted by molar-refractivity contribution is -0.120. The minimum Gasteiger partial charge on any atom is -0.383 e. The summed E-state index contributed by atoms with van der Waals surface area (Å²) in [5.74, 6) is 0.801. The van der Waals surface area contributed by atoms with Gasteiger partial charge in [-0.25, -0.2) is 9.97 Å². The van der Waals surface area contributed by atoms with Crippen LogP contribution in [0, 0.1) is 5.92 Å². The van der Waals surface area contributed by atoms with Gasteiger partial charge < -0.3 is 11.1 Å². The summed E-state index contributed by atoms with van der Waals surface area (Å²) in [5.41, 5.74) is 8.84. The molecule has 0 aliphatic carbocycles. The number of aryl methyl sites for hydroxylation is 1. The van der Waals surface area contributed by atoms with Crippen molar-refractivity contribution in [3.8, 4) is 11.1 Å². The second-order valence-corrected chi connectivity index (χ2v) is 8.22. The third kappa shape index (κ3) is 5.35. The van der Waals surface area contributed by atoms with Gasteiger partial charge in [-0.3, -0.25) is 4.79 Å². The zero-order valence-corrected chi connectivity index (χ0v) is 17.1. The standard InChI is InChI=1S/C19H25ClN4OS/c1-5-15-16(13-6-8-14(20)9-7-13)17(21)24-19(23-15)26-12(4)18(25)22-10-11(2)3/h6-9,11-12H,5,10H2,1-4H3,(H,22,25)(H2,21,23,24). The van der Waals surface area contributed by atoms with E-state index in [1.165, 1.54) is 11.8 Å². The van der Waals surface area contributed by atoms with Gasteiger partial charge in [-0.05, 0) is 37.0 Å². The number of carbonyl (C=O) groups is 1. The van der Waals surface area contributed by atoms with E-state index < -0.39 is 0 Å². The number of hydrogen-bond acceptors (Lipinski definition) is 5. The Labute approximate surface area is 164 Å². The number of aromatic nitrogens is 2. The van der Waals surface area contributed by atoms with Crippen molar-refractivity contribution in [2.45, 2.75) is 44.5 Å². The summed E-state index contributed by atoms with van der Waals surface area (Å²) in [6, 6.07) is 7.45. The molecule has 1 heterocycles. The first kappa shape index (κ1) is 20.5. The molecule has 0 fully saturated rings. The lowest BCUT2D eigenvalue weighted by Gasteiger charge is -2.15. The normalized spacial score (nSPS) is 12.2. The maximum Gasteiger partial charge on any atom is 0.233 e. The zero-order chi connectivity index (χ0) is 19.3. The van der Waals surface area contributed by atoms with Crippen molar-refractivity contribution in [2.75, 3.05) is 12.3 Å². The minimum absolute atomic E-state index is 0.0225. The van der Waals surface area contributed by atoms with Crippen molar-refractivity contribution in [3.05, 3.63) is 35.0 Å². The molecular formula is C19H25ClN4OS. The summed E-state index contributed by atoms with van der Waals surface area (Å²) in [4.78, 5) is 21.2. The highest BCUT2D eigenvalue weighted by Crippen LogP contribution is 2.31. The van der Waals surface area contributed by atoms with Gasteiger partial charge in [0, 0.05) is 17.1 Å². The van der Waals surface area contributed by atoms with Crippen molar-refractivity contribution < 1.29 is 4.79 Å². The van der Waals surface area contributed by atoms with Crippen LogP contribution in [0.25, 0.3) is 11.1 Å². The first-order valence-corrected chi connectivity index (χ1v) is 9.94. The van der Waals surface area contributed by atoms with Crippen LogP contribution >= 0.6 is 23.4 Å². The molecule has 0 saturated carbocycles. The second kappa shape index (κ2) is 9.24. The van der Waals surface area contributed by atoms with E-state index in [0.717, 1.165) is 16.8 Å². The fourth-order valence-corrected chi connectivity index (χ4v) is 3.35. The van der Waals surface area contributed by atoms with Crippen LogP contribution in [0.1, 0.15) is 33.4 Å². The first-order valence-electron chi connectivity index (χ1n) is 8.68. The van der Waals surface area contributed by atoms with Crippen LogP contribution in [0.5, 0.6) is 0 Å². The van der Waals surface area contributed by atoms with E-state index in [0.29, 0.717) is 34.9 Å². The van der Waals surface area contributed by atoms with Gasteiger partial charge >= 0.3 is 0 Å².